The minimum absolute atomic E-state index is 0.135. The Balaban J connectivity index is 5.64. The summed E-state index contributed by atoms with van der Waals surface area (Å²) in [5.74, 6) is 0.376. The van der Waals surface area contributed by atoms with Gasteiger partial charge in [0, 0.05) is 27.4 Å². The lowest BCUT2D eigenvalue weighted by Gasteiger charge is -2.41. The first-order chi connectivity index (χ1) is 11.1. The number of rotatable bonds is 12. The molecule has 0 aliphatic carbocycles. The Morgan fingerprint density at radius 1 is 0.880 bits per heavy atom. The third kappa shape index (κ3) is 8.50. The minimum atomic E-state index is -4.00. The molecule has 0 bridgehead atoms. The summed E-state index contributed by atoms with van der Waals surface area (Å²) in [6.45, 7) is 7.83. The zero-order valence-electron chi connectivity index (χ0n) is 14.3. The van der Waals surface area contributed by atoms with Crippen molar-refractivity contribution in [1.82, 2.24) is 0 Å². The molecule has 0 radical (unpaired) electrons. The molecule has 0 aliphatic heterocycles. The SMILES string of the molecule is CC(C)(CBr)C(Br)(Br)OP(=O)(OCCCCl)OC(Br)(Br)C(C)(C)CBr. The maximum Gasteiger partial charge on any atom is 0.479 e. The number of phosphoric ester groups is 1. The van der Waals surface area contributed by atoms with E-state index in [9.17, 15) is 4.57 Å². The lowest BCUT2D eigenvalue weighted by molar-refractivity contribution is 0.0328. The standard InChI is InChI=1S/C13H22Br6ClO4P/c1-10(2,8-14)12(16,17)23-25(21,22-7-5-6-20)24-13(18,19)11(3,4)9-15/h5-9H2,1-4H3. The molecular weight excluding hydrogens is 766 g/mol. The van der Waals surface area contributed by atoms with Crippen LogP contribution in [0.2, 0.25) is 0 Å². The topological polar surface area (TPSA) is 44.8 Å². The fraction of sp³-hybridized carbons (Fsp3) is 1.00. The van der Waals surface area contributed by atoms with Gasteiger partial charge in [-0.15, -0.1) is 11.6 Å². The fourth-order valence-electron chi connectivity index (χ4n) is 0.986. The van der Waals surface area contributed by atoms with Crippen molar-refractivity contribution in [3.05, 3.63) is 0 Å². The molecule has 25 heavy (non-hydrogen) atoms. The molecule has 4 nitrogen and oxygen atoms in total. The van der Waals surface area contributed by atoms with E-state index in [1.807, 2.05) is 27.7 Å². The van der Waals surface area contributed by atoms with Crippen molar-refractivity contribution in [2.75, 3.05) is 23.1 Å². The summed E-state index contributed by atoms with van der Waals surface area (Å²) >= 11 is 26.3. The average molecular weight is 788 g/mol. The molecule has 0 spiro atoms. The van der Waals surface area contributed by atoms with Crippen molar-refractivity contribution < 1.29 is 18.1 Å². The van der Waals surface area contributed by atoms with Crippen LogP contribution in [-0.2, 0) is 18.1 Å². The third-order valence-electron chi connectivity index (χ3n) is 3.22. The molecule has 0 saturated carbocycles. The van der Waals surface area contributed by atoms with Gasteiger partial charge >= 0.3 is 7.82 Å². The number of halogens is 7. The molecule has 0 aromatic heterocycles. The van der Waals surface area contributed by atoms with Crippen LogP contribution in [0.5, 0.6) is 0 Å². The molecule has 0 saturated heterocycles. The minimum Gasteiger partial charge on any atom is -0.287 e. The van der Waals surface area contributed by atoms with Gasteiger partial charge in [-0.25, -0.2) is 4.57 Å². The van der Waals surface area contributed by atoms with Gasteiger partial charge in [-0.1, -0.05) is 59.6 Å². The summed E-state index contributed by atoms with van der Waals surface area (Å²) in [6, 6.07) is 0. The zero-order valence-corrected chi connectivity index (χ0v) is 25.4. The van der Waals surface area contributed by atoms with Crippen molar-refractivity contribution in [1.29, 1.82) is 0 Å². The Bertz CT molecular complexity index is 441. The van der Waals surface area contributed by atoms with Gasteiger partial charge in [-0.05, 0) is 70.1 Å². The van der Waals surface area contributed by atoms with E-state index in [4.69, 9.17) is 25.2 Å². The highest BCUT2D eigenvalue weighted by atomic mass is 79.9. The molecule has 0 rings (SSSR count). The average Bonchev–Trinajstić information content (AvgIpc) is 2.45. The lowest BCUT2D eigenvalue weighted by Crippen LogP contribution is -2.40. The summed E-state index contributed by atoms with van der Waals surface area (Å²) in [7, 11) is -4.00. The summed E-state index contributed by atoms with van der Waals surface area (Å²) < 4.78 is 28.2. The Morgan fingerprint density at radius 3 is 1.52 bits per heavy atom. The Morgan fingerprint density at radius 2 is 1.24 bits per heavy atom. The smallest absolute Gasteiger partial charge is 0.287 e. The number of alkyl halides is 7. The summed E-state index contributed by atoms with van der Waals surface area (Å²) in [6.07, 6.45) is 0.511. The molecule has 0 unspecified atom stereocenters. The van der Waals surface area contributed by atoms with Gasteiger partial charge < -0.3 is 0 Å². The number of phosphoric acid groups is 1. The van der Waals surface area contributed by atoms with Crippen LogP contribution < -0.4 is 0 Å². The summed E-state index contributed by atoms with van der Waals surface area (Å²) in [5.41, 5.74) is -0.956. The Labute approximate surface area is 206 Å². The molecular formula is C13H22Br6ClO4P. The second kappa shape index (κ2) is 11.1. The highest BCUT2D eigenvalue weighted by Gasteiger charge is 2.53. The van der Waals surface area contributed by atoms with Crippen LogP contribution in [-0.4, -0.2) is 30.0 Å². The second-order valence-electron chi connectivity index (χ2n) is 6.57. The van der Waals surface area contributed by atoms with Gasteiger partial charge in [-0.3, -0.25) is 13.6 Å². The van der Waals surface area contributed by atoms with E-state index in [2.05, 4.69) is 95.6 Å². The van der Waals surface area contributed by atoms with Crippen LogP contribution in [0.3, 0.4) is 0 Å². The van der Waals surface area contributed by atoms with E-state index in [0.29, 0.717) is 23.0 Å². The highest BCUT2D eigenvalue weighted by molar-refractivity contribution is 9.25. The van der Waals surface area contributed by atoms with Crippen molar-refractivity contribution >= 4 is 115 Å². The van der Waals surface area contributed by atoms with Crippen molar-refractivity contribution in [2.45, 2.75) is 41.0 Å². The molecule has 0 aromatic rings. The van der Waals surface area contributed by atoms with E-state index in [0.717, 1.165) is 0 Å². The third-order valence-corrected chi connectivity index (χ3v) is 13.7. The van der Waals surface area contributed by atoms with E-state index < -0.39 is 25.5 Å². The predicted molar refractivity (Wildman–Crippen MR) is 127 cm³/mol. The number of hydrogen-bond acceptors (Lipinski definition) is 4. The first-order valence-electron chi connectivity index (χ1n) is 7.19. The first-order valence-corrected chi connectivity index (χ1v) is 14.6. The highest BCUT2D eigenvalue weighted by Crippen LogP contribution is 2.65. The van der Waals surface area contributed by atoms with Crippen LogP contribution in [0.15, 0.2) is 0 Å². The van der Waals surface area contributed by atoms with Crippen molar-refractivity contribution in [2.24, 2.45) is 10.8 Å². The predicted octanol–water partition coefficient (Wildman–Crippen LogP) is 8.50. The molecule has 0 aromatic carbocycles. The molecule has 0 N–H and O–H groups in total. The van der Waals surface area contributed by atoms with Gasteiger partial charge in [0.2, 0.25) is 0 Å². The van der Waals surface area contributed by atoms with E-state index in [1.165, 1.54) is 0 Å². The number of hydrogen-bond donors (Lipinski definition) is 0. The molecule has 152 valence electrons. The maximum absolute atomic E-state index is 13.4. The first kappa shape index (κ1) is 28.3. The second-order valence-corrected chi connectivity index (χ2v) is 16.2. The largest absolute Gasteiger partial charge is 0.479 e. The molecule has 0 fully saturated rings. The normalized spacial score (nSPS) is 14.8. The van der Waals surface area contributed by atoms with Crippen LogP contribution in [0.25, 0.3) is 0 Å². The monoisotopic (exact) mass is 782 g/mol. The summed E-state index contributed by atoms with van der Waals surface area (Å²) in [4.78, 5) is 0. The van der Waals surface area contributed by atoms with Gasteiger partial charge in [0.05, 0.1) is 6.61 Å². The van der Waals surface area contributed by atoms with Gasteiger partial charge in [0.25, 0.3) is 0 Å². The van der Waals surface area contributed by atoms with Crippen molar-refractivity contribution in [3.8, 4) is 0 Å². The molecule has 0 aliphatic rings. The quantitative estimate of drug-likeness (QED) is 0.113. The molecule has 0 amide bonds. The zero-order chi connectivity index (χ0) is 20.2. The van der Waals surface area contributed by atoms with E-state index in [1.54, 1.807) is 0 Å². The fourth-order valence-corrected chi connectivity index (χ4v) is 7.63. The molecule has 12 heteroatoms. The van der Waals surface area contributed by atoms with E-state index >= 15 is 0 Å². The Kier molecular flexibility index (Phi) is 12.5. The Hall–Kier alpha value is 3.28. The molecule has 0 atom stereocenters. The van der Waals surface area contributed by atoms with E-state index in [-0.39, 0.29) is 6.61 Å². The van der Waals surface area contributed by atoms with Crippen LogP contribution in [0.4, 0.5) is 0 Å². The maximum atomic E-state index is 13.4. The summed E-state index contributed by atoms with van der Waals surface area (Å²) in [5, 5.41) is 1.14. The van der Waals surface area contributed by atoms with Crippen LogP contribution >= 0.6 is 115 Å². The van der Waals surface area contributed by atoms with Gasteiger partial charge in [0.1, 0.15) is 0 Å². The van der Waals surface area contributed by atoms with Gasteiger partial charge in [-0.2, -0.15) is 0 Å². The lowest BCUT2D eigenvalue weighted by atomic mass is 9.98. The molecule has 0 heterocycles. The van der Waals surface area contributed by atoms with Crippen LogP contribution in [0.1, 0.15) is 34.1 Å². The van der Waals surface area contributed by atoms with Gasteiger partial charge in [0.15, 0.2) is 6.84 Å². The van der Waals surface area contributed by atoms with Crippen molar-refractivity contribution in [3.63, 3.8) is 0 Å². The van der Waals surface area contributed by atoms with Crippen LogP contribution in [0, 0.1) is 10.8 Å².